The molecule has 0 aliphatic heterocycles. The lowest BCUT2D eigenvalue weighted by atomic mass is 10.4. The van der Waals surface area contributed by atoms with Gasteiger partial charge in [0.25, 0.3) is 5.91 Å². The van der Waals surface area contributed by atoms with Gasteiger partial charge in [-0.15, -0.1) is 11.3 Å². The zero-order chi connectivity index (χ0) is 9.68. The van der Waals surface area contributed by atoms with Gasteiger partial charge in [0.1, 0.15) is 5.69 Å². The molecule has 0 spiro atoms. The molecule has 1 aromatic heterocycles. The van der Waals surface area contributed by atoms with Crippen LogP contribution in [0.2, 0.25) is 0 Å². The molecule has 4 nitrogen and oxygen atoms in total. The van der Waals surface area contributed by atoms with Gasteiger partial charge in [-0.25, -0.2) is 4.98 Å². The molecule has 0 aromatic carbocycles. The van der Waals surface area contributed by atoms with Crippen LogP contribution in [0.25, 0.3) is 0 Å². The number of aromatic nitrogens is 1. The maximum absolute atomic E-state index is 11.3. The van der Waals surface area contributed by atoms with Crippen molar-refractivity contribution in [2.75, 3.05) is 20.1 Å². The topological polar surface area (TPSA) is 54.0 Å². The van der Waals surface area contributed by atoms with Gasteiger partial charge in [-0.3, -0.25) is 4.79 Å². The van der Waals surface area contributed by atoms with Crippen molar-refractivity contribution in [2.45, 2.75) is 6.92 Å². The van der Waals surface area contributed by atoms with Crippen molar-refractivity contribution in [1.29, 1.82) is 0 Å². The molecule has 1 rings (SSSR count). The Hall–Kier alpha value is -0.940. The van der Waals surface area contributed by atoms with Crippen LogP contribution in [-0.4, -0.2) is 31.0 Å². The van der Waals surface area contributed by atoms with E-state index in [1.807, 2.05) is 14.0 Å². The Morgan fingerprint density at radius 1 is 1.62 bits per heavy atom. The molecule has 5 heteroatoms. The van der Waals surface area contributed by atoms with Crippen molar-refractivity contribution in [2.24, 2.45) is 0 Å². The number of rotatable bonds is 4. The zero-order valence-corrected chi connectivity index (χ0v) is 8.57. The zero-order valence-electron chi connectivity index (χ0n) is 7.76. The van der Waals surface area contributed by atoms with Crippen LogP contribution in [0.3, 0.4) is 0 Å². The van der Waals surface area contributed by atoms with Gasteiger partial charge in [-0.2, -0.15) is 0 Å². The fourth-order valence-corrected chi connectivity index (χ4v) is 1.45. The Balaban J connectivity index is 2.40. The number of aryl methyl sites for hydroxylation is 1. The highest BCUT2D eigenvalue weighted by molar-refractivity contribution is 7.09. The van der Waals surface area contributed by atoms with Crippen LogP contribution in [-0.2, 0) is 0 Å². The summed E-state index contributed by atoms with van der Waals surface area (Å²) in [5.74, 6) is -0.0976. The summed E-state index contributed by atoms with van der Waals surface area (Å²) in [6.45, 7) is 3.29. The lowest BCUT2D eigenvalue weighted by molar-refractivity contribution is 0.0949. The first-order valence-electron chi connectivity index (χ1n) is 4.09. The van der Waals surface area contributed by atoms with Crippen LogP contribution in [0.15, 0.2) is 5.38 Å². The molecule has 1 amide bonds. The fraction of sp³-hybridized carbons (Fsp3) is 0.500. The van der Waals surface area contributed by atoms with E-state index < -0.39 is 0 Å². The Morgan fingerprint density at radius 3 is 2.92 bits per heavy atom. The predicted molar refractivity (Wildman–Crippen MR) is 53.1 cm³/mol. The molecule has 0 unspecified atom stereocenters. The summed E-state index contributed by atoms with van der Waals surface area (Å²) in [4.78, 5) is 15.4. The molecule has 1 heterocycles. The van der Waals surface area contributed by atoms with Gasteiger partial charge >= 0.3 is 0 Å². The maximum Gasteiger partial charge on any atom is 0.270 e. The molecule has 2 N–H and O–H groups in total. The van der Waals surface area contributed by atoms with E-state index in [2.05, 4.69) is 15.6 Å². The van der Waals surface area contributed by atoms with E-state index in [9.17, 15) is 4.79 Å². The second kappa shape index (κ2) is 4.94. The minimum absolute atomic E-state index is 0.0976. The molecule has 1 aromatic rings. The summed E-state index contributed by atoms with van der Waals surface area (Å²) in [6, 6.07) is 0. The third kappa shape index (κ3) is 3.12. The van der Waals surface area contributed by atoms with Gasteiger partial charge in [0.15, 0.2) is 0 Å². The summed E-state index contributed by atoms with van der Waals surface area (Å²) in [6.07, 6.45) is 0. The number of thiazole rings is 1. The summed E-state index contributed by atoms with van der Waals surface area (Å²) in [5, 5.41) is 8.39. The van der Waals surface area contributed by atoms with E-state index in [-0.39, 0.29) is 5.91 Å². The van der Waals surface area contributed by atoms with Crippen molar-refractivity contribution in [3.63, 3.8) is 0 Å². The number of carbonyl (C=O) groups excluding carboxylic acids is 1. The van der Waals surface area contributed by atoms with Crippen LogP contribution in [0, 0.1) is 6.92 Å². The van der Waals surface area contributed by atoms with Crippen molar-refractivity contribution in [1.82, 2.24) is 15.6 Å². The normalized spacial score (nSPS) is 10.0. The average Bonchev–Trinajstić information content (AvgIpc) is 2.52. The number of hydrogen-bond donors (Lipinski definition) is 2. The molecule has 0 aliphatic rings. The van der Waals surface area contributed by atoms with E-state index in [1.54, 1.807) is 5.38 Å². The molecule has 0 aliphatic carbocycles. The van der Waals surface area contributed by atoms with Crippen LogP contribution < -0.4 is 10.6 Å². The summed E-state index contributed by atoms with van der Waals surface area (Å²) in [5.41, 5.74) is 0.513. The number of nitrogens with zero attached hydrogens (tertiary/aromatic N) is 1. The van der Waals surface area contributed by atoms with E-state index in [4.69, 9.17) is 0 Å². The highest BCUT2D eigenvalue weighted by atomic mass is 32.1. The van der Waals surface area contributed by atoms with Gasteiger partial charge in [0.2, 0.25) is 0 Å². The van der Waals surface area contributed by atoms with Gasteiger partial charge in [0, 0.05) is 18.5 Å². The maximum atomic E-state index is 11.3. The first kappa shape index (κ1) is 10.1. The largest absolute Gasteiger partial charge is 0.349 e. The predicted octanol–water partition coefficient (Wildman–Crippen LogP) is 0.401. The minimum atomic E-state index is -0.0976. The van der Waals surface area contributed by atoms with E-state index in [0.29, 0.717) is 12.2 Å². The standard InChI is InChI=1S/C8H13N3OS/c1-6-11-7(5-13-6)8(12)10-4-3-9-2/h5,9H,3-4H2,1-2H3,(H,10,12). The second-order valence-corrected chi connectivity index (χ2v) is 3.67. The molecule has 72 valence electrons. The Labute approximate surface area is 81.4 Å². The number of likely N-dealkylation sites (N-methyl/N-ethyl adjacent to an activating group) is 1. The third-order valence-corrected chi connectivity index (χ3v) is 2.29. The average molecular weight is 199 g/mol. The lowest BCUT2D eigenvalue weighted by Gasteiger charge is -2.01. The van der Waals surface area contributed by atoms with Crippen molar-refractivity contribution >= 4 is 17.2 Å². The molecular formula is C8H13N3OS. The van der Waals surface area contributed by atoms with E-state index in [0.717, 1.165) is 11.6 Å². The lowest BCUT2D eigenvalue weighted by Crippen LogP contribution is -2.30. The minimum Gasteiger partial charge on any atom is -0.349 e. The molecule has 0 saturated heterocycles. The molecule has 13 heavy (non-hydrogen) atoms. The fourth-order valence-electron chi connectivity index (χ4n) is 0.859. The van der Waals surface area contributed by atoms with Gasteiger partial charge in [-0.05, 0) is 14.0 Å². The number of carbonyl (C=O) groups is 1. The summed E-state index contributed by atoms with van der Waals surface area (Å²) in [7, 11) is 1.85. The van der Waals surface area contributed by atoms with Gasteiger partial charge in [0.05, 0.1) is 5.01 Å². The number of hydrogen-bond acceptors (Lipinski definition) is 4. The molecule has 0 fully saturated rings. The quantitative estimate of drug-likeness (QED) is 0.690. The Morgan fingerprint density at radius 2 is 2.38 bits per heavy atom. The molecule has 0 saturated carbocycles. The molecule has 0 radical (unpaired) electrons. The Kier molecular flexibility index (Phi) is 3.85. The SMILES string of the molecule is CNCCNC(=O)c1csc(C)n1. The molecule has 0 atom stereocenters. The van der Waals surface area contributed by atoms with Crippen molar-refractivity contribution in [3.8, 4) is 0 Å². The van der Waals surface area contributed by atoms with Crippen molar-refractivity contribution in [3.05, 3.63) is 16.1 Å². The van der Waals surface area contributed by atoms with Crippen molar-refractivity contribution < 1.29 is 4.79 Å². The summed E-state index contributed by atoms with van der Waals surface area (Å²) >= 11 is 1.48. The van der Waals surface area contributed by atoms with E-state index >= 15 is 0 Å². The molecular weight excluding hydrogens is 186 g/mol. The molecule has 0 bridgehead atoms. The van der Waals surface area contributed by atoms with Gasteiger partial charge < -0.3 is 10.6 Å². The third-order valence-electron chi connectivity index (χ3n) is 1.51. The second-order valence-electron chi connectivity index (χ2n) is 2.61. The van der Waals surface area contributed by atoms with Crippen LogP contribution in [0.4, 0.5) is 0 Å². The van der Waals surface area contributed by atoms with E-state index in [1.165, 1.54) is 11.3 Å². The smallest absolute Gasteiger partial charge is 0.270 e. The van der Waals surface area contributed by atoms with Gasteiger partial charge in [-0.1, -0.05) is 0 Å². The first-order chi connectivity index (χ1) is 6.24. The first-order valence-corrected chi connectivity index (χ1v) is 4.97. The van der Waals surface area contributed by atoms with Crippen LogP contribution in [0.5, 0.6) is 0 Å². The highest BCUT2D eigenvalue weighted by Crippen LogP contribution is 2.06. The number of nitrogens with one attached hydrogen (secondary N) is 2. The monoisotopic (exact) mass is 199 g/mol. The number of amides is 1. The summed E-state index contributed by atoms with van der Waals surface area (Å²) < 4.78 is 0. The highest BCUT2D eigenvalue weighted by Gasteiger charge is 2.07. The Bertz CT molecular complexity index is 285. The van der Waals surface area contributed by atoms with Crippen LogP contribution >= 0.6 is 11.3 Å². The van der Waals surface area contributed by atoms with Crippen LogP contribution in [0.1, 0.15) is 15.5 Å².